The average Bonchev–Trinajstić information content (AvgIpc) is 2.17. The van der Waals surface area contributed by atoms with Crippen molar-refractivity contribution in [3.8, 4) is 0 Å². The molecule has 0 spiro atoms. The molecule has 0 aromatic heterocycles. The molecular formula is C11H20O2. The van der Waals surface area contributed by atoms with Gasteiger partial charge in [0.2, 0.25) is 0 Å². The lowest BCUT2D eigenvalue weighted by molar-refractivity contribution is -0.152. The molecule has 13 heavy (non-hydrogen) atoms. The lowest BCUT2D eigenvalue weighted by Crippen LogP contribution is -2.36. The molecule has 1 aliphatic rings. The van der Waals surface area contributed by atoms with Gasteiger partial charge in [-0.15, -0.1) is 0 Å². The Morgan fingerprint density at radius 2 is 1.92 bits per heavy atom. The van der Waals surface area contributed by atoms with Crippen LogP contribution in [-0.4, -0.2) is 11.1 Å². The van der Waals surface area contributed by atoms with Crippen LogP contribution >= 0.6 is 0 Å². The zero-order valence-corrected chi connectivity index (χ0v) is 8.68. The highest BCUT2D eigenvalue weighted by atomic mass is 16.4. The minimum Gasteiger partial charge on any atom is -0.481 e. The number of aliphatic carboxylic acids is 1. The summed E-state index contributed by atoms with van der Waals surface area (Å²) in [6.07, 6.45) is 6.69. The third-order valence-electron chi connectivity index (χ3n) is 3.73. The van der Waals surface area contributed by atoms with Gasteiger partial charge >= 0.3 is 5.97 Å². The molecule has 0 radical (unpaired) electrons. The number of rotatable bonds is 3. The minimum absolute atomic E-state index is 0.406. The van der Waals surface area contributed by atoms with Crippen molar-refractivity contribution in [2.45, 2.75) is 52.4 Å². The largest absolute Gasteiger partial charge is 0.481 e. The van der Waals surface area contributed by atoms with Crippen molar-refractivity contribution < 1.29 is 9.90 Å². The van der Waals surface area contributed by atoms with Gasteiger partial charge < -0.3 is 5.11 Å². The van der Waals surface area contributed by atoms with E-state index in [1.54, 1.807) is 0 Å². The van der Waals surface area contributed by atoms with Gasteiger partial charge in [-0.2, -0.15) is 0 Å². The van der Waals surface area contributed by atoms with Crippen LogP contribution in [-0.2, 0) is 4.79 Å². The van der Waals surface area contributed by atoms with E-state index in [9.17, 15) is 9.90 Å². The van der Waals surface area contributed by atoms with Crippen molar-refractivity contribution in [1.82, 2.24) is 0 Å². The Bertz CT molecular complexity index is 183. The first kappa shape index (κ1) is 10.6. The molecule has 1 unspecified atom stereocenters. The minimum atomic E-state index is -0.609. The molecule has 1 rings (SSSR count). The Morgan fingerprint density at radius 1 is 1.38 bits per heavy atom. The van der Waals surface area contributed by atoms with Gasteiger partial charge in [-0.1, -0.05) is 26.2 Å². The molecule has 1 fully saturated rings. The van der Waals surface area contributed by atoms with Crippen LogP contribution in [0.2, 0.25) is 0 Å². The maximum absolute atomic E-state index is 11.2. The maximum Gasteiger partial charge on any atom is 0.309 e. The Labute approximate surface area is 80.3 Å². The van der Waals surface area contributed by atoms with Gasteiger partial charge in [0.25, 0.3) is 0 Å². The van der Waals surface area contributed by atoms with E-state index in [2.05, 4.69) is 0 Å². The Balaban J connectivity index is 2.68. The van der Waals surface area contributed by atoms with E-state index in [-0.39, 0.29) is 0 Å². The molecule has 76 valence electrons. The fraction of sp³-hybridized carbons (Fsp3) is 0.909. The third-order valence-corrected chi connectivity index (χ3v) is 3.73. The molecule has 0 heterocycles. The van der Waals surface area contributed by atoms with Crippen LogP contribution in [0.4, 0.5) is 0 Å². The lowest BCUT2D eigenvalue weighted by Gasteiger charge is -2.35. The van der Waals surface area contributed by atoms with E-state index in [1.165, 1.54) is 19.3 Å². The van der Waals surface area contributed by atoms with Crippen molar-refractivity contribution in [1.29, 1.82) is 0 Å². The van der Waals surface area contributed by atoms with E-state index in [0.717, 1.165) is 19.3 Å². The van der Waals surface area contributed by atoms with Crippen LogP contribution in [0.25, 0.3) is 0 Å². The second kappa shape index (κ2) is 4.12. The first-order chi connectivity index (χ1) is 6.11. The summed E-state index contributed by atoms with van der Waals surface area (Å²) in [6.45, 7) is 3.90. The lowest BCUT2D eigenvalue weighted by atomic mass is 9.68. The van der Waals surface area contributed by atoms with Gasteiger partial charge in [0.1, 0.15) is 0 Å². The Morgan fingerprint density at radius 3 is 2.31 bits per heavy atom. The third kappa shape index (κ3) is 2.04. The van der Waals surface area contributed by atoms with E-state index >= 15 is 0 Å². The topological polar surface area (TPSA) is 37.3 Å². The normalized spacial score (nSPS) is 23.8. The number of carboxylic acids is 1. The maximum atomic E-state index is 11.2. The summed E-state index contributed by atoms with van der Waals surface area (Å²) in [7, 11) is 0. The van der Waals surface area contributed by atoms with Crippen LogP contribution in [0.1, 0.15) is 52.4 Å². The molecule has 1 N–H and O–H groups in total. The molecule has 1 aliphatic carbocycles. The van der Waals surface area contributed by atoms with Gasteiger partial charge in [-0.3, -0.25) is 4.79 Å². The van der Waals surface area contributed by atoms with Gasteiger partial charge in [-0.05, 0) is 32.1 Å². The first-order valence-corrected chi connectivity index (χ1v) is 5.34. The molecule has 1 saturated carbocycles. The zero-order valence-electron chi connectivity index (χ0n) is 8.68. The molecular weight excluding hydrogens is 164 g/mol. The summed E-state index contributed by atoms with van der Waals surface area (Å²) in [6, 6.07) is 0. The van der Waals surface area contributed by atoms with Gasteiger partial charge in [-0.25, -0.2) is 0 Å². The SMILES string of the molecule is CCC(C)(C(=O)O)C1CCCCC1. The molecule has 0 amide bonds. The van der Waals surface area contributed by atoms with Crippen molar-refractivity contribution >= 4 is 5.97 Å². The second-order valence-electron chi connectivity index (χ2n) is 4.41. The van der Waals surface area contributed by atoms with E-state index in [0.29, 0.717) is 5.92 Å². The summed E-state index contributed by atoms with van der Waals surface area (Å²) in [5, 5.41) is 9.18. The Kier molecular flexibility index (Phi) is 3.34. The summed E-state index contributed by atoms with van der Waals surface area (Å²) >= 11 is 0. The second-order valence-corrected chi connectivity index (χ2v) is 4.41. The van der Waals surface area contributed by atoms with Crippen LogP contribution in [0, 0.1) is 11.3 Å². The highest BCUT2D eigenvalue weighted by Gasteiger charge is 2.39. The van der Waals surface area contributed by atoms with Gasteiger partial charge in [0.15, 0.2) is 0 Å². The van der Waals surface area contributed by atoms with E-state index in [4.69, 9.17) is 0 Å². The number of carbonyl (C=O) groups is 1. The summed E-state index contributed by atoms with van der Waals surface area (Å²) in [5.41, 5.74) is -0.472. The smallest absolute Gasteiger partial charge is 0.309 e. The van der Waals surface area contributed by atoms with Crippen LogP contribution in [0.15, 0.2) is 0 Å². The fourth-order valence-corrected chi connectivity index (χ4v) is 2.35. The van der Waals surface area contributed by atoms with Crippen LogP contribution in [0.5, 0.6) is 0 Å². The highest BCUT2D eigenvalue weighted by molar-refractivity contribution is 5.74. The fourth-order valence-electron chi connectivity index (χ4n) is 2.35. The molecule has 0 aliphatic heterocycles. The van der Waals surface area contributed by atoms with Crippen molar-refractivity contribution in [3.63, 3.8) is 0 Å². The summed E-state index contributed by atoms with van der Waals surface area (Å²) in [5.74, 6) is -0.203. The number of carboxylic acid groups (broad SMARTS) is 1. The average molecular weight is 184 g/mol. The Hall–Kier alpha value is -0.530. The molecule has 2 nitrogen and oxygen atoms in total. The molecule has 0 aromatic rings. The van der Waals surface area contributed by atoms with Crippen LogP contribution in [0.3, 0.4) is 0 Å². The summed E-state index contributed by atoms with van der Waals surface area (Å²) < 4.78 is 0. The highest BCUT2D eigenvalue weighted by Crippen LogP contribution is 2.40. The first-order valence-electron chi connectivity index (χ1n) is 5.34. The predicted molar refractivity (Wildman–Crippen MR) is 52.6 cm³/mol. The van der Waals surface area contributed by atoms with Gasteiger partial charge in [0, 0.05) is 0 Å². The molecule has 0 saturated heterocycles. The van der Waals surface area contributed by atoms with Gasteiger partial charge in [0.05, 0.1) is 5.41 Å². The van der Waals surface area contributed by atoms with Crippen molar-refractivity contribution in [2.24, 2.45) is 11.3 Å². The van der Waals surface area contributed by atoms with E-state index in [1.807, 2.05) is 13.8 Å². The van der Waals surface area contributed by atoms with Crippen LogP contribution < -0.4 is 0 Å². The van der Waals surface area contributed by atoms with E-state index < -0.39 is 11.4 Å². The zero-order chi connectivity index (χ0) is 9.90. The molecule has 0 bridgehead atoms. The van der Waals surface area contributed by atoms with Crippen molar-refractivity contribution in [2.75, 3.05) is 0 Å². The number of hydrogen-bond acceptors (Lipinski definition) is 1. The summed E-state index contributed by atoms with van der Waals surface area (Å²) in [4.78, 5) is 11.2. The monoisotopic (exact) mass is 184 g/mol. The van der Waals surface area contributed by atoms with Crippen molar-refractivity contribution in [3.05, 3.63) is 0 Å². The molecule has 0 aromatic carbocycles. The predicted octanol–water partition coefficient (Wildman–Crippen LogP) is 3.07. The molecule has 1 atom stereocenters. The number of hydrogen-bond donors (Lipinski definition) is 1. The molecule has 2 heteroatoms. The standard InChI is InChI=1S/C11H20O2/c1-3-11(2,10(12)13)9-7-5-4-6-8-9/h9H,3-8H2,1-2H3,(H,12,13). The quantitative estimate of drug-likeness (QED) is 0.732.